The second-order valence-corrected chi connectivity index (χ2v) is 5.07. The lowest BCUT2D eigenvalue weighted by atomic mass is 10.1. The number of hydrogen-bond donors (Lipinski definition) is 0. The van der Waals surface area contributed by atoms with Crippen LogP contribution in [0.3, 0.4) is 0 Å². The first-order valence-corrected chi connectivity index (χ1v) is 6.62. The molecule has 0 N–H and O–H groups in total. The van der Waals surface area contributed by atoms with E-state index in [1.165, 1.54) is 12.0 Å². The van der Waals surface area contributed by atoms with Crippen molar-refractivity contribution in [3.05, 3.63) is 32.9 Å². The average Bonchev–Trinajstić information content (AvgIpc) is 2.37. The van der Waals surface area contributed by atoms with Gasteiger partial charge in [-0.15, -0.1) is 0 Å². The smallest absolute Gasteiger partial charge is 0.307 e. The number of amides is 1. The van der Waals surface area contributed by atoms with Crippen LogP contribution in [-0.2, 0) is 9.53 Å². The van der Waals surface area contributed by atoms with Crippen LogP contribution in [0, 0.1) is 10.5 Å². The number of methoxy groups -OCH3 is 1. The van der Waals surface area contributed by atoms with Crippen molar-refractivity contribution in [3.8, 4) is 0 Å². The van der Waals surface area contributed by atoms with Gasteiger partial charge in [0.25, 0.3) is 5.91 Å². The molecule has 0 aliphatic carbocycles. The van der Waals surface area contributed by atoms with E-state index < -0.39 is 0 Å². The van der Waals surface area contributed by atoms with Gasteiger partial charge < -0.3 is 9.64 Å². The highest BCUT2D eigenvalue weighted by Crippen LogP contribution is 2.18. The number of aryl methyl sites for hydroxylation is 1. The molecule has 0 atom stereocenters. The Morgan fingerprint density at radius 3 is 2.67 bits per heavy atom. The highest BCUT2D eigenvalue weighted by molar-refractivity contribution is 14.1. The Kier molecular flexibility index (Phi) is 5.58. The van der Waals surface area contributed by atoms with Crippen molar-refractivity contribution in [2.75, 3.05) is 20.7 Å². The summed E-state index contributed by atoms with van der Waals surface area (Å²) >= 11 is 2.16. The fourth-order valence-electron chi connectivity index (χ4n) is 1.48. The van der Waals surface area contributed by atoms with Crippen LogP contribution in [0.1, 0.15) is 22.3 Å². The highest BCUT2D eigenvalue weighted by Gasteiger charge is 2.16. The molecule has 0 radical (unpaired) electrons. The van der Waals surface area contributed by atoms with Crippen LogP contribution in [0.25, 0.3) is 0 Å². The largest absolute Gasteiger partial charge is 0.469 e. The monoisotopic (exact) mass is 361 g/mol. The number of rotatable bonds is 4. The van der Waals surface area contributed by atoms with Crippen LogP contribution < -0.4 is 0 Å². The maximum absolute atomic E-state index is 12.2. The first-order valence-electron chi connectivity index (χ1n) is 5.54. The van der Waals surface area contributed by atoms with Crippen molar-refractivity contribution in [1.29, 1.82) is 0 Å². The van der Waals surface area contributed by atoms with Gasteiger partial charge in [-0.05, 0) is 41.1 Å². The molecule has 0 heterocycles. The van der Waals surface area contributed by atoms with Crippen LogP contribution in [0.5, 0.6) is 0 Å². The van der Waals surface area contributed by atoms with Gasteiger partial charge in [0.15, 0.2) is 0 Å². The zero-order valence-corrected chi connectivity index (χ0v) is 12.9. The maximum Gasteiger partial charge on any atom is 0.307 e. The van der Waals surface area contributed by atoms with E-state index in [2.05, 4.69) is 27.3 Å². The fraction of sp³-hybridized carbons (Fsp3) is 0.385. The van der Waals surface area contributed by atoms with Gasteiger partial charge in [-0.25, -0.2) is 0 Å². The summed E-state index contributed by atoms with van der Waals surface area (Å²) in [5.74, 6) is -0.388. The Hall–Kier alpha value is -1.11. The first kappa shape index (κ1) is 14.9. The fourth-order valence-corrected chi connectivity index (χ4v) is 2.07. The summed E-state index contributed by atoms with van der Waals surface area (Å²) in [6.07, 6.45) is 0.209. The Morgan fingerprint density at radius 2 is 2.06 bits per heavy atom. The molecule has 0 unspecified atom stereocenters. The van der Waals surface area contributed by atoms with E-state index in [0.29, 0.717) is 12.1 Å². The number of esters is 1. The molecule has 0 aromatic heterocycles. The van der Waals surface area contributed by atoms with Crippen molar-refractivity contribution in [2.45, 2.75) is 13.3 Å². The van der Waals surface area contributed by atoms with E-state index in [-0.39, 0.29) is 18.3 Å². The lowest BCUT2D eigenvalue weighted by Crippen LogP contribution is -2.30. The minimum absolute atomic E-state index is 0.0768. The topological polar surface area (TPSA) is 46.6 Å². The molecule has 5 heteroatoms. The van der Waals surface area contributed by atoms with Crippen LogP contribution in [-0.4, -0.2) is 37.5 Å². The minimum Gasteiger partial charge on any atom is -0.469 e. The normalized spacial score (nSPS) is 10.0. The molecular weight excluding hydrogens is 345 g/mol. The van der Waals surface area contributed by atoms with Crippen molar-refractivity contribution in [3.63, 3.8) is 0 Å². The molecule has 1 aromatic rings. The summed E-state index contributed by atoms with van der Waals surface area (Å²) in [6.45, 7) is 2.32. The predicted octanol–water partition coefficient (Wildman–Crippen LogP) is 2.23. The molecule has 98 valence electrons. The summed E-state index contributed by atoms with van der Waals surface area (Å²) in [4.78, 5) is 24.8. The van der Waals surface area contributed by atoms with Crippen LogP contribution in [0.4, 0.5) is 0 Å². The molecule has 0 spiro atoms. The average molecular weight is 361 g/mol. The third kappa shape index (κ3) is 3.69. The number of nitrogens with zero attached hydrogens (tertiary/aromatic N) is 1. The van der Waals surface area contributed by atoms with Gasteiger partial charge in [0.05, 0.1) is 19.1 Å². The molecular formula is C13H16INO3. The maximum atomic E-state index is 12.2. The number of hydrogen-bond acceptors (Lipinski definition) is 3. The Bertz CT molecular complexity index is 460. The molecule has 18 heavy (non-hydrogen) atoms. The number of ether oxygens (including phenoxy) is 1. The highest BCUT2D eigenvalue weighted by atomic mass is 127. The van der Waals surface area contributed by atoms with Crippen molar-refractivity contribution in [2.24, 2.45) is 0 Å². The molecule has 0 saturated carbocycles. The van der Waals surface area contributed by atoms with Crippen molar-refractivity contribution >= 4 is 34.5 Å². The van der Waals surface area contributed by atoms with E-state index >= 15 is 0 Å². The van der Waals surface area contributed by atoms with Crippen LogP contribution >= 0.6 is 22.6 Å². The Balaban J connectivity index is 2.74. The van der Waals surface area contributed by atoms with E-state index in [1.54, 1.807) is 13.1 Å². The lowest BCUT2D eigenvalue weighted by Gasteiger charge is -2.17. The summed E-state index contributed by atoms with van der Waals surface area (Å²) in [7, 11) is 3.03. The Morgan fingerprint density at radius 1 is 1.39 bits per heavy atom. The number of carbonyl (C=O) groups excluding carboxylic acids is 2. The number of halogens is 1. The van der Waals surface area contributed by atoms with E-state index in [0.717, 1.165) is 9.13 Å². The number of carbonyl (C=O) groups is 2. The molecule has 0 saturated heterocycles. The standard InChI is InChI=1S/C13H16INO3/c1-9-5-4-6-10(12(9)14)13(17)15(2)8-7-11(16)18-3/h4-6H,7-8H2,1-3H3. The van der Waals surface area contributed by atoms with Gasteiger partial charge >= 0.3 is 5.97 Å². The van der Waals surface area contributed by atoms with E-state index in [1.807, 2.05) is 19.1 Å². The predicted molar refractivity (Wildman–Crippen MR) is 77.5 cm³/mol. The van der Waals surface area contributed by atoms with E-state index in [4.69, 9.17) is 0 Å². The third-order valence-corrected chi connectivity index (χ3v) is 4.08. The quantitative estimate of drug-likeness (QED) is 0.611. The molecule has 0 aliphatic rings. The van der Waals surface area contributed by atoms with Gasteiger partial charge in [0, 0.05) is 17.2 Å². The molecule has 1 aromatic carbocycles. The molecule has 0 aliphatic heterocycles. The summed E-state index contributed by atoms with van der Waals surface area (Å²) in [6, 6.07) is 5.62. The summed E-state index contributed by atoms with van der Waals surface area (Å²) in [5, 5.41) is 0. The van der Waals surface area contributed by atoms with Crippen LogP contribution in [0.2, 0.25) is 0 Å². The van der Waals surface area contributed by atoms with Crippen molar-refractivity contribution in [1.82, 2.24) is 4.90 Å². The summed E-state index contributed by atoms with van der Waals surface area (Å²) in [5.41, 5.74) is 1.74. The second-order valence-electron chi connectivity index (χ2n) is 3.99. The molecule has 0 fully saturated rings. The molecule has 4 nitrogen and oxygen atoms in total. The van der Waals surface area contributed by atoms with E-state index in [9.17, 15) is 9.59 Å². The van der Waals surface area contributed by atoms with Gasteiger partial charge in [0.1, 0.15) is 0 Å². The van der Waals surface area contributed by atoms with Gasteiger partial charge in [-0.3, -0.25) is 9.59 Å². The van der Waals surface area contributed by atoms with Gasteiger partial charge in [-0.2, -0.15) is 0 Å². The summed E-state index contributed by atoms with van der Waals surface area (Å²) < 4.78 is 5.50. The van der Waals surface area contributed by atoms with Gasteiger partial charge in [-0.1, -0.05) is 12.1 Å². The van der Waals surface area contributed by atoms with Gasteiger partial charge in [0.2, 0.25) is 0 Å². The zero-order valence-electron chi connectivity index (χ0n) is 10.7. The lowest BCUT2D eigenvalue weighted by molar-refractivity contribution is -0.140. The minimum atomic E-state index is -0.311. The second kappa shape index (κ2) is 6.72. The molecule has 1 amide bonds. The SMILES string of the molecule is COC(=O)CCN(C)C(=O)c1cccc(C)c1I. The zero-order chi connectivity index (χ0) is 13.7. The molecule has 0 bridgehead atoms. The Labute approximate surface area is 120 Å². The first-order chi connectivity index (χ1) is 8.47. The molecule has 1 rings (SSSR count). The van der Waals surface area contributed by atoms with Crippen molar-refractivity contribution < 1.29 is 14.3 Å². The number of benzene rings is 1. The third-order valence-electron chi connectivity index (χ3n) is 2.65. The van der Waals surface area contributed by atoms with Crippen LogP contribution in [0.15, 0.2) is 18.2 Å².